The fourth-order valence-electron chi connectivity index (χ4n) is 3.90. The molecule has 0 radical (unpaired) electrons. The molecule has 29 heavy (non-hydrogen) atoms. The predicted octanol–water partition coefficient (Wildman–Crippen LogP) is 4.66. The quantitative estimate of drug-likeness (QED) is 0.691. The lowest BCUT2D eigenvalue weighted by atomic mass is 9.85. The van der Waals surface area contributed by atoms with Crippen LogP contribution in [-0.2, 0) is 14.3 Å². The fraction of sp³-hybridized carbons (Fsp3) is 0.417. The summed E-state index contributed by atoms with van der Waals surface area (Å²) in [4.78, 5) is 27.3. The van der Waals surface area contributed by atoms with Gasteiger partial charge < -0.3 is 14.4 Å². The van der Waals surface area contributed by atoms with Gasteiger partial charge in [-0.15, -0.1) is 0 Å². The second-order valence-corrected chi connectivity index (χ2v) is 7.91. The Morgan fingerprint density at radius 2 is 1.69 bits per heavy atom. The first-order chi connectivity index (χ1) is 13.8. The Morgan fingerprint density at radius 1 is 1.03 bits per heavy atom. The van der Waals surface area contributed by atoms with Crippen LogP contribution in [0.4, 0.5) is 5.69 Å². The number of carbonyl (C=O) groups excluding carboxylic acids is 2. The highest BCUT2D eigenvalue weighted by molar-refractivity contribution is 5.99. The van der Waals surface area contributed by atoms with E-state index in [1.54, 1.807) is 11.8 Å². The van der Waals surface area contributed by atoms with E-state index >= 15 is 0 Å². The third-order valence-electron chi connectivity index (χ3n) is 5.52. The third kappa shape index (κ3) is 4.29. The summed E-state index contributed by atoms with van der Waals surface area (Å²) >= 11 is 0. The smallest absolute Gasteiger partial charge is 0.313 e. The van der Waals surface area contributed by atoms with E-state index in [4.69, 9.17) is 9.47 Å². The second kappa shape index (κ2) is 8.68. The molecule has 0 aromatic heterocycles. The molecule has 1 aliphatic rings. The van der Waals surface area contributed by atoms with Crippen LogP contribution in [0.5, 0.6) is 5.75 Å². The molecule has 2 aromatic rings. The molecule has 154 valence electrons. The highest BCUT2D eigenvalue weighted by atomic mass is 16.5. The van der Waals surface area contributed by atoms with E-state index in [0.717, 1.165) is 11.3 Å². The monoisotopic (exact) mass is 395 g/mol. The highest BCUT2D eigenvalue weighted by Gasteiger charge is 2.39. The summed E-state index contributed by atoms with van der Waals surface area (Å²) in [7, 11) is 1.40. The minimum Gasteiger partial charge on any atom is -0.481 e. The van der Waals surface area contributed by atoms with Crippen molar-refractivity contribution in [3.63, 3.8) is 0 Å². The number of methoxy groups -OCH3 is 1. The van der Waals surface area contributed by atoms with Crippen molar-refractivity contribution in [3.8, 4) is 5.75 Å². The van der Waals surface area contributed by atoms with Gasteiger partial charge in [-0.1, -0.05) is 44.2 Å². The van der Waals surface area contributed by atoms with Crippen LogP contribution in [0.2, 0.25) is 0 Å². The molecule has 1 aliphatic heterocycles. The van der Waals surface area contributed by atoms with Crippen LogP contribution in [0.3, 0.4) is 0 Å². The van der Waals surface area contributed by atoms with Gasteiger partial charge in [-0.05, 0) is 55.5 Å². The SMILES string of the molecule is COC(=O)C1CC(C)N(C(=O)C(C)Oc2ccc(C(C)C)cc2)c2ccccc21. The van der Waals surface area contributed by atoms with E-state index in [-0.39, 0.29) is 23.8 Å². The number of nitrogens with zero attached hydrogens (tertiary/aromatic N) is 1. The molecule has 2 aromatic carbocycles. The minimum absolute atomic E-state index is 0.124. The number of fused-ring (bicyclic) bond motifs is 1. The number of esters is 1. The van der Waals surface area contributed by atoms with Crippen molar-refractivity contribution < 1.29 is 19.1 Å². The molecule has 3 unspecified atom stereocenters. The van der Waals surface area contributed by atoms with Crippen LogP contribution in [-0.4, -0.2) is 31.1 Å². The minimum atomic E-state index is -0.648. The average Bonchev–Trinajstić information content (AvgIpc) is 2.72. The highest BCUT2D eigenvalue weighted by Crippen LogP contribution is 2.39. The number of ether oxygens (including phenoxy) is 2. The van der Waals surface area contributed by atoms with E-state index in [2.05, 4.69) is 13.8 Å². The maximum Gasteiger partial charge on any atom is 0.313 e. The van der Waals surface area contributed by atoms with Crippen molar-refractivity contribution in [2.45, 2.75) is 58.1 Å². The maximum atomic E-state index is 13.3. The fourth-order valence-corrected chi connectivity index (χ4v) is 3.90. The number of hydrogen-bond acceptors (Lipinski definition) is 4. The molecule has 1 heterocycles. The van der Waals surface area contributed by atoms with Crippen LogP contribution in [0.25, 0.3) is 0 Å². The van der Waals surface area contributed by atoms with Crippen molar-refractivity contribution in [2.24, 2.45) is 0 Å². The van der Waals surface area contributed by atoms with E-state index < -0.39 is 6.10 Å². The number of rotatable bonds is 5. The van der Waals surface area contributed by atoms with Crippen molar-refractivity contribution in [2.75, 3.05) is 12.0 Å². The molecule has 5 nitrogen and oxygen atoms in total. The van der Waals surface area contributed by atoms with Gasteiger partial charge in [-0.3, -0.25) is 9.59 Å². The van der Waals surface area contributed by atoms with Crippen LogP contribution in [0, 0.1) is 0 Å². The molecule has 0 bridgehead atoms. The molecule has 0 aliphatic carbocycles. The van der Waals surface area contributed by atoms with Gasteiger partial charge in [0.2, 0.25) is 0 Å². The van der Waals surface area contributed by atoms with Gasteiger partial charge in [0.15, 0.2) is 6.10 Å². The molecular formula is C24H29NO4. The molecule has 0 saturated heterocycles. The van der Waals surface area contributed by atoms with Gasteiger partial charge >= 0.3 is 5.97 Å². The Balaban J connectivity index is 1.82. The van der Waals surface area contributed by atoms with Gasteiger partial charge in [0.05, 0.1) is 13.0 Å². The number of carbonyl (C=O) groups is 2. The first kappa shape index (κ1) is 20.9. The Kier molecular flexibility index (Phi) is 6.26. The molecule has 3 rings (SSSR count). The molecule has 0 spiro atoms. The standard InChI is InChI=1S/C24H29NO4/c1-15(2)18-10-12-19(13-11-18)29-17(4)23(26)25-16(3)14-21(24(27)28-5)20-8-6-7-9-22(20)25/h6-13,15-17,21H,14H2,1-5H3. The zero-order valence-corrected chi connectivity index (χ0v) is 17.7. The van der Waals surface area contributed by atoms with Gasteiger partial charge in [0, 0.05) is 11.7 Å². The summed E-state index contributed by atoms with van der Waals surface area (Å²) in [5.41, 5.74) is 2.79. The number of para-hydroxylation sites is 1. The van der Waals surface area contributed by atoms with Gasteiger partial charge in [0.1, 0.15) is 5.75 Å². The molecule has 5 heteroatoms. The van der Waals surface area contributed by atoms with Crippen molar-refractivity contribution in [3.05, 3.63) is 59.7 Å². The zero-order valence-electron chi connectivity index (χ0n) is 17.7. The summed E-state index contributed by atoms with van der Waals surface area (Å²) < 4.78 is 10.9. The zero-order chi connectivity index (χ0) is 21.1. The Labute approximate surface area is 172 Å². The predicted molar refractivity (Wildman–Crippen MR) is 113 cm³/mol. The third-order valence-corrected chi connectivity index (χ3v) is 5.52. The lowest BCUT2D eigenvalue weighted by molar-refractivity contribution is -0.143. The van der Waals surface area contributed by atoms with Crippen LogP contribution in [0.1, 0.15) is 57.1 Å². The molecule has 3 atom stereocenters. The van der Waals surface area contributed by atoms with E-state index in [1.165, 1.54) is 12.7 Å². The lowest BCUT2D eigenvalue weighted by Gasteiger charge is -2.39. The first-order valence-corrected chi connectivity index (χ1v) is 10.1. The summed E-state index contributed by atoms with van der Waals surface area (Å²) in [6.45, 7) is 7.99. The van der Waals surface area contributed by atoms with Crippen LogP contribution < -0.4 is 9.64 Å². The van der Waals surface area contributed by atoms with Crippen LogP contribution >= 0.6 is 0 Å². The van der Waals surface area contributed by atoms with E-state index in [9.17, 15) is 9.59 Å². The number of benzene rings is 2. The van der Waals surface area contributed by atoms with Crippen molar-refractivity contribution in [1.29, 1.82) is 0 Å². The lowest BCUT2D eigenvalue weighted by Crippen LogP contribution is -2.49. The van der Waals surface area contributed by atoms with Crippen LogP contribution in [0.15, 0.2) is 48.5 Å². The molecule has 0 fully saturated rings. The van der Waals surface area contributed by atoms with E-state index in [0.29, 0.717) is 18.1 Å². The molecule has 1 amide bonds. The van der Waals surface area contributed by atoms with Gasteiger partial charge in [-0.2, -0.15) is 0 Å². The van der Waals surface area contributed by atoms with Gasteiger partial charge in [0.25, 0.3) is 5.91 Å². The summed E-state index contributed by atoms with van der Waals surface area (Å²) in [5.74, 6) is 0.347. The Hall–Kier alpha value is -2.82. The number of hydrogen-bond donors (Lipinski definition) is 0. The first-order valence-electron chi connectivity index (χ1n) is 10.1. The molecule has 0 N–H and O–H groups in total. The topological polar surface area (TPSA) is 55.8 Å². The summed E-state index contributed by atoms with van der Waals surface area (Å²) in [6.07, 6.45) is -0.129. The number of anilines is 1. The number of amides is 1. The van der Waals surface area contributed by atoms with E-state index in [1.807, 2.05) is 55.5 Å². The Bertz CT molecular complexity index is 875. The molecular weight excluding hydrogens is 366 g/mol. The average molecular weight is 395 g/mol. The largest absolute Gasteiger partial charge is 0.481 e. The van der Waals surface area contributed by atoms with Crippen molar-refractivity contribution >= 4 is 17.6 Å². The normalized spacial score (nSPS) is 19.4. The second-order valence-electron chi connectivity index (χ2n) is 7.91. The maximum absolute atomic E-state index is 13.3. The van der Waals surface area contributed by atoms with Crippen molar-refractivity contribution in [1.82, 2.24) is 0 Å². The Morgan fingerprint density at radius 3 is 2.31 bits per heavy atom. The molecule has 0 saturated carbocycles. The van der Waals surface area contributed by atoms with Gasteiger partial charge in [-0.25, -0.2) is 0 Å². The summed E-state index contributed by atoms with van der Waals surface area (Å²) in [6, 6.07) is 15.2. The summed E-state index contributed by atoms with van der Waals surface area (Å²) in [5, 5.41) is 0.